The molecule has 1 aromatic rings. The van der Waals surface area contributed by atoms with Gasteiger partial charge in [0.15, 0.2) is 0 Å². The van der Waals surface area contributed by atoms with Gasteiger partial charge in [0.25, 0.3) is 0 Å². The molecule has 0 aliphatic rings. The molecule has 0 radical (unpaired) electrons. The summed E-state index contributed by atoms with van der Waals surface area (Å²) in [5, 5.41) is 7.72. The second-order valence-electron chi connectivity index (χ2n) is 5.22. The Balaban J connectivity index is 0. The molecule has 0 amide bonds. The minimum absolute atomic E-state index is 0.191. The Morgan fingerprint density at radius 2 is 1.83 bits per heavy atom. The smallest absolute Gasteiger partial charge is 0.303 e. The first kappa shape index (κ1) is 24.3. The Kier molecular flexibility index (Phi) is 13.6. The number of rotatable bonds is 5. The third-order valence-corrected chi connectivity index (χ3v) is 3.43. The van der Waals surface area contributed by atoms with Crippen molar-refractivity contribution in [2.75, 3.05) is 0 Å². The Labute approximate surface area is 146 Å². The number of nitrogens with zero attached hydrogens (tertiary/aromatic N) is 1. The van der Waals surface area contributed by atoms with Gasteiger partial charge in [-0.1, -0.05) is 41.2 Å². The van der Waals surface area contributed by atoms with Crippen LogP contribution in [0.1, 0.15) is 65.5 Å². The van der Waals surface area contributed by atoms with Crippen LogP contribution in [0.15, 0.2) is 29.8 Å². The fourth-order valence-corrected chi connectivity index (χ4v) is 1.51. The lowest BCUT2D eigenvalue weighted by atomic mass is 10.0. The Morgan fingerprint density at radius 3 is 2.21 bits per heavy atom. The maximum atomic E-state index is 13.1. The highest BCUT2D eigenvalue weighted by Crippen LogP contribution is 2.19. The van der Waals surface area contributed by atoms with E-state index in [2.05, 4.69) is 25.4 Å². The van der Waals surface area contributed by atoms with Gasteiger partial charge < -0.3 is 5.11 Å². The summed E-state index contributed by atoms with van der Waals surface area (Å²) in [6, 6.07) is 4.97. The highest BCUT2D eigenvalue weighted by molar-refractivity contribution is 5.89. The zero-order valence-corrected chi connectivity index (χ0v) is 16.1. The van der Waals surface area contributed by atoms with Crippen LogP contribution in [0.4, 0.5) is 4.39 Å². The standard InChI is InChI=1S/C15H20FN.C3H6O2.C2H6/c1-6-10(2)12(4)17-13(5)14-7-8-15(16)11(3)9-14;1-2-3(4)5;1-2/h7-10H,5-6H2,1-4H3;2H2,1H3,(H,4,5);1-2H3. The van der Waals surface area contributed by atoms with Crippen LogP contribution >= 0.6 is 0 Å². The van der Waals surface area contributed by atoms with Crippen LogP contribution in [0, 0.1) is 18.7 Å². The van der Waals surface area contributed by atoms with Gasteiger partial charge in [-0.05, 0) is 55.5 Å². The molecule has 0 aliphatic carbocycles. The van der Waals surface area contributed by atoms with E-state index in [1.807, 2.05) is 20.8 Å². The number of carboxylic acid groups (broad SMARTS) is 1. The summed E-state index contributed by atoms with van der Waals surface area (Å²) in [5.74, 6) is -0.484. The number of hydrogen-bond acceptors (Lipinski definition) is 2. The van der Waals surface area contributed by atoms with E-state index in [0.29, 0.717) is 17.2 Å². The molecule has 1 atom stereocenters. The second kappa shape index (κ2) is 13.5. The van der Waals surface area contributed by atoms with E-state index < -0.39 is 5.97 Å². The summed E-state index contributed by atoms with van der Waals surface area (Å²) in [4.78, 5) is 13.9. The molecule has 1 N–H and O–H groups in total. The molecule has 0 aliphatic heterocycles. The Bertz CT molecular complexity index is 551. The Hall–Kier alpha value is -1.97. The topological polar surface area (TPSA) is 49.7 Å². The molecule has 1 rings (SSSR count). The highest BCUT2D eigenvalue weighted by atomic mass is 19.1. The molecule has 0 fully saturated rings. The van der Waals surface area contributed by atoms with E-state index in [0.717, 1.165) is 17.7 Å². The number of carboxylic acids is 1. The number of aryl methyl sites for hydroxylation is 1. The third-order valence-electron chi connectivity index (χ3n) is 3.43. The lowest BCUT2D eigenvalue weighted by Gasteiger charge is -2.09. The molecule has 0 spiro atoms. The van der Waals surface area contributed by atoms with Gasteiger partial charge in [0.2, 0.25) is 0 Å². The molecule has 0 bridgehead atoms. The maximum absolute atomic E-state index is 13.1. The number of hydrogen-bond donors (Lipinski definition) is 1. The van der Waals surface area contributed by atoms with E-state index in [1.165, 1.54) is 6.07 Å². The van der Waals surface area contributed by atoms with Crippen LogP contribution in [0.2, 0.25) is 0 Å². The summed E-state index contributed by atoms with van der Waals surface area (Å²) in [5.41, 5.74) is 3.27. The van der Waals surface area contributed by atoms with Crippen molar-refractivity contribution in [1.29, 1.82) is 0 Å². The SMILES string of the molecule is C=C(N=C(C)C(C)CC)c1ccc(F)c(C)c1.CC.CCC(=O)O. The van der Waals surface area contributed by atoms with Crippen molar-refractivity contribution in [2.45, 2.75) is 61.3 Å². The van der Waals surface area contributed by atoms with Crippen LogP contribution in [0.25, 0.3) is 5.70 Å². The molecule has 1 aromatic carbocycles. The summed E-state index contributed by atoms with van der Waals surface area (Å²) in [7, 11) is 0. The monoisotopic (exact) mass is 337 g/mol. The lowest BCUT2D eigenvalue weighted by Crippen LogP contribution is -2.05. The molecular formula is C20H32FNO2. The first-order valence-corrected chi connectivity index (χ1v) is 8.45. The molecule has 0 saturated carbocycles. The minimum Gasteiger partial charge on any atom is -0.481 e. The maximum Gasteiger partial charge on any atom is 0.303 e. The fraction of sp³-hybridized carbons (Fsp3) is 0.500. The van der Waals surface area contributed by atoms with E-state index >= 15 is 0 Å². The van der Waals surface area contributed by atoms with Crippen molar-refractivity contribution in [1.82, 2.24) is 0 Å². The predicted molar refractivity (Wildman–Crippen MR) is 102 cm³/mol. The summed E-state index contributed by atoms with van der Waals surface area (Å²) >= 11 is 0. The number of benzene rings is 1. The average Bonchev–Trinajstić information content (AvgIpc) is 2.58. The zero-order chi connectivity index (χ0) is 19.3. The van der Waals surface area contributed by atoms with Gasteiger partial charge >= 0.3 is 5.97 Å². The normalized spacial score (nSPS) is 11.4. The van der Waals surface area contributed by atoms with Gasteiger partial charge in [-0.3, -0.25) is 9.79 Å². The van der Waals surface area contributed by atoms with E-state index in [1.54, 1.807) is 26.0 Å². The average molecular weight is 337 g/mol. The number of halogens is 1. The van der Waals surface area contributed by atoms with E-state index in [-0.39, 0.29) is 12.2 Å². The largest absolute Gasteiger partial charge is 0.481 e. The van der Waals surface area contributed by atoms with Gasteiger partial charge in [-0.15, -0.1) is 0 Å². The van der Waals surface area contributed by atoms with Crippen molar-refractivity contribution in [2.24, 2.45) is 10.9 Å². The van der Waals surface area contributed by atoms with Gasteiger partial charge in [0.1, 0.15) is 5.82 Å². The third kappa shape index (κ3) is 9.93. The fourth-order valence-electron chi connectivity index (χ4n) is 1.51. The minimum atomic E-state index is -0.745. The molecule has 3 nitrogen and oxygen atoms in total. The molecule has 1 unspecified atom stereocenters. The second-order valence-corrected chi connectivity index (χ2v) is 5.22. The van der Waals surface area contributed by atoms with Gasteiger partial charge in [0, 0.05) is 12.1 Å². The van der Waals surface area contributed by atoms with E-state index in [9.17, 15) is 9.18 Å². The molecule has 4 heteroatoms. The number of aliphatic imine (C=N–C) groups is 1. The zero-order valence-electron chi connectivity index (χ0n) is 16.1. The number of aliphatic carboxylic acids is 1. The van der Waals surface area contributed by atoms with Gasteiger partial charge in [-0.25, -0.2) is 4.39 Å². The summed E-state index contributed by atoms with van der Waals surface area (Å²) < 4.78 is 13.1. The predicted octanol–water partition coefficient (Wildman–Crippen LogP) is 6.12. The highest BCUT2D eigenvalue weighted by Gasteiger charge is 2.05. The van der Waals surface area contributed by atoms with Gasteiger partial charge in [-0.2, -0.15) is 0 Å². The van der Waals surface area contributed by atoms with Crippen LogP contribution in [-0.2, 0) is 4.79 Å². The van der Waals surface area contributed by atoms with Crippen LogP contribution < -0.4 is 0 Å². The van der Waals surface area contributed by atoms with Crippen LogP contribution in [0.5, 0.6) is 0 Å². The summed E-state index contributed by atoms with van der Waals surface area (Å²) in [6.45, 7) is 17.6. The molecule has 136 valence electrons. The van der Waals surface area contributed by atoms with Crippen LogP contribution in [0.3, 0.4) is 0 Å². The molecule has 24 heavy (non-hydrogen) atoms. The van der Waals surface area contributed by atoms with Crippen molar-refractivity contribution >= 4 is 17.4 Å². The van der Waals surface area contributed by atoms with Gasteiger partial charge in [0.05, 0.1) is 5.70 Å². The lowest BCUT2D eigenvalue weighted by molar-refractivity contribution is -0.136. The quantitative estimate of drug-likeness (QED) is 0.658. The number of carbonyl (C=O) groups is 1. The van der Waals surface area contributed by atoms with Crippen LogP contribution in [-0.4, -0.2) is 16.8 Å². The molecular weight excluding hydrogens is 305 g/mol. The Morgan fingerprint density at radius 1 is 1.33 bits per heavy atom. The van der Waals surface area contributed by atoms with Crippen molar-refractivity contribution in [3.05, 3.63) is 41.7 Å². The molecule has 0 heterocycles. The molecule has 0 saturated heterocycles. The van der Waals surface area contributed by atoms with Crippen molar-refractivity contribution in [3.63, 3.8) is 0 Å². The van der Waals surface area contributed by atoms with Crippen molar-refractivity contribution < 1.29 is 14.3 Å². The van der Waals surface area contributed by atoms with Crippen molar-refractivity contribution in [3.8, 4) is 0 Å². The first-order chi connectivity index (χ1) is 11.2. The summed E-state index contributed by atoms with van der Waals surface area (Å²) in [6.07, 6.45) is 1.28. The van der Waals surface area contributed by atoms with E-state index in [4.69, 9.17) is 5.11 Å². The first-order valence-electron chi connectivity index (χ1n) is 8.45. The molecule has 0 aromatic heterocycles.